The third-order valence-electron chi connectivity index (χ3n) is 1.82. The van der Waals surface area contributed by atoms with Gasteiger partial charge in [0.15, 0.2) is 11.1 Å². The van der Waals surface area contributed by atoms with E-state index in [0.29, 0.717) is 0 Å². The molecule has 3 heteroatoms. The summed E-state index contributed by atoms with van der Waals surface area (Å²) < 4.78 is 18.9. The quantitative estimate of drug-likeness (QED) is 0.575. The Morgan fingerprint density at radius 3 is 2.25 bits per heavy atom. The molecule has 2 nitrogen and oxygen atoms in total. The summed E-state index contributed by atoms with van der Waals surface area (Å²) in [6.45, 7) is 1.96. The molecule has 0 radical (unpaired) electrons. The molecule has 0 spiro atoms. The van der Waals surface area contributed by atoms with Crippen molar-refractivity contribution in [2.24, 2.45) is 0 Å². The Labute approximate surface area is 51.6 Å². The van der Waals surface area contributed by atoms with Gasteiger partial charge >= 0.3 is 0 Å². The lowest BCUT2D eigenvalue weighted by Crippen LogP contribution is -2.13. The van der Waals surface area contributed by atoms with Crippen molar-refractivity contribution in [1.29, 1.82) is 0 Å². The standard InChI is InChI=1S/C5H10O2S/c1-2-5(3-4-5)8(6)7/h2-4H2,1H3,(H,6,7). The topological polar surface area (TPSA) is 37.3 Å². The zero-order valence-corrected chi connectivity index (χ0v) is 5.70. The smallest absolute Gasteiger partial charge is 0.159 e. The normalized spacial score (nSPS) is 27.2. The minimum atomic E-state index is -1.56. The van der Waals surface area contributed by atoms with Crippen molar-refractivity contribution >= 4 is 11.1 Å². The molecule has 1 fully saturated rings. The lowest BCUT2D eigenvalue weighted by Gasteiger charge is -2.03. The minimum absolute atomic E-state index is 0.181. The number of rotatable bonds is 2. The van der Waals surface area contributed by atoms with Gasteiger partial charge in [-0.15, -0.1) is 0 Å². The summed E-state index contributed by atoms with van der Waals surface area (Å²) in [6.07, 6.45) is 2.72. The Kier molecular flexibility index (Phi) is 1.41. The molecule has 0 heterocycles. The van der Waals surface area contributed by atoms with Gasteiger partial charge in [-0.2, -0.15) is 0 Å². The van der Waals surface area contributed by atoms with E-state index in [1.54, 1.807) is 0 Å². The number of hydrogen-bond donors (Lipinski definition) is 1. The number of hydrogen-bond acceptors (Lipinski definition) is 1. The van der Waals surface area contributed by atoms with Crippen molar-refractivity contribution in [1.82, 2.24) is 0 Å². The molecule has 0 bridgehead atoms. The van der Waals surface area contributed by atoms with Crippen LogP contribution in [-0.2, 0) is 11.1 Å². The van der Waals surface area contributed by atoms with E-state index in [9.17, 15) is 4.21 Å². The van der Waals surface area contributed by atoms with Gasteiger partial charge in [-0.25, -0.2) is 4.21 Å². The lowest BCUT2D eigenvalue weighted by atomic mass is 10.3. The van der Waals surface area contributed by atoms with Gasteiger partial charge in [-0.05, 0) is 19.3 Å². The first-order chi connectivity index (χ1) is 3.71. The monoisotopic (exact) mass is 134 g/mol. The van der Waals surface area contributed by atoms with Crippen LogP contribution < -0.4 is 0 Å². The van der Waals surface area contributed by atoms with E-state index in [1.165, 1.54) is 0 Å². The van der Waals surface area contributed by atoms with Gasteiger partial charge in [0.25, 0.3) is 0 Å². The van der Waals surface area contributed by atoms with Gasteiger partial charge in [0, 0.05) is 0 Å². The summed E-state index contributed by atoms with van der Waals surface area (Å²) in [7, 11) is 0. The predicted molar refractivity (Wildman–Crippen MR) is 33.0 cm³/mol. The van der Waals surface area contributed by atoms with Crippen molar-refractivity contribution in [2.75, 3.05) is 0 Å². The molecule has 0 saturated heterocycles. The molecule has 1 aliphatic rings. The van der Waals surface area contributed by atoms with Crippen molar-refractivity contribution < 1.29 is 8.76 Å². The fourth-order valence-electron chi connectivity index (χ4n) is 0.791. The van der Waals surface area contributed by atoms with Gasteiger partial charge < -0.3 is 4.55 Å². The SMILES string of the molecule is CCC1(S(=O)O)CC1. The minimum Gasteiger partial charge on any atom is -0.306 e. The second-order valence-corrected chi connectivity index (χ2v) is 3.65. The molecule has 0 aliphatic heterocycles. The first-order valence-corrected chi connectivity index (χ1v) is 3.93. The van der Waals surface area contributed by atoms with Crippen molar-refractivity contribution in [3.8, 4) is 0 Å². The van der Waals surface area contributed by atoms with Gasteiger partial charge in [0.1, 0.15) is 0 Å². The fourth-order valence-corrected chi connectivity index (χ4v) is 1.49. The Balaban J connectivity index is 2.53. The van der Waals surface area contributed by atoms with E-state index in [2.05, 4.69) is 0 Å². The molecule has 0 amide bonds. The van der Waals surface area contributed by atoms with E-state index in [0.717, 1.165) is 19.3 Å². The van der Waals surface area contributed by atoms with Crippen LogP contribution in [0.25, 0.3) is 0 Å². The first-order valence-electron chi connectivity index (χ1n) is 2.82. The zero-order valence-electron chi connectivity index (χ0n) is 4.89. The van der Waals surface area contributed by atoms with Crippen LogP contribution in [0.5, 0.6) is 0 Å². The van der Waals surface area contributed by atoms with Crippen LogP contribution in [0.15, 0.2) is 0 Å². The molecule has 48 valence electrons. The predicted octanol–water partition coefficient (Wildman–Crippen LogP) is 1.15. The molecule has 1 aliphatic carbocycles. The van der Waals surface area contributed by atoms with Gasteiger partial charge in [-0.1, -0.05) is 6.92 Å². The summed E-state index contributed by atoms with van der Waals surface area (Å²) in [5.41, 5.74) is 0. The van der Waals surface area contributed by atoms with Crippen molar-refractivity contribution in [3.05, 3.63) is 0 Å². The summed E-state index contributed by atoms with van der Waals surface area (Å²) in [4.78, 5) is 0. The Morgan fingerprint density at radius 1 is 1.75 bits per heavy atom. The van der Waals surface area contributed by atoms with Crippen LogP contribution >= 0.6 is 0 Å². The zero-order chi connectivity index (χ0) is 6.20. The molecule has 1 saturated carbocycles. The maximum Gasteiger partial charge on any atom is 0.159 e. The molecule has 1 rings (SSSR count). The summed E-state index contributed by atoms with van der Waals surface area (Å²) >= 11 is -1.56. The third-order valence-corrected chi connectivity index (χ3v) is 3.26. The van der Waals surface area contributed by atoms with Crippen LogP contribution in [0.4, 0.5) is 0 Å². The fraction of sp³-hybridized carbons (Fsp3) is 1.00. The van der Waals surface area contributed by atoms with Gasteiger partial charge in [-0.3, -0.25) is 0 Å². The van der Waals surface area contributed by atoms with E-state index in [-0.39, 0.29) is 4.75 Å². The largest absolute Gasteiger partial charge is 0.306 e. The molecular weight excluding hydrogens is 124 g/mol. The Hall–Kier alpha value is 0.110. The van der Waals surface area contributed by atoms with Crippen LogP contribution in [0, 0.1) is 0 Å². The molecule has 1 atom stereocenters. The van der Waals surface area contributed by atoms with Gasteiger partial charge in [0.2, 0.25) is 0 Å². The Morgan fingerprint density at radius 2 is 2.25 bits per heavy atom. The summed E-state index contributed by atoms with van der Waals surface area (Å²) in [6, 6.07) is 0. The van der Waals surface area contributed by atoms with Crippen LogP contribution in [0.3, 0.4) is 0 Å². The highest BCUT2D eigenvalue weighted by Crippen LogP contribution is 2.43. The van der Waals surface area contributed by atoms with E-state index < -0.39 is 11.1 Å². The van der Waals surface area contributed by atoms with E-state index in [1.807, 2.05) is 6.92 Å². The second-order valence-electron chi connectivity index (χ2n) is 2.29. The third kappa shape index (κ3) is 0.801. The first kappa shape index (κ1) is 6.23. The van der Waals surface area contributed by atoms with E-state index in [4.69, 9.17) is 4.55 Å². The van der Waals surface area contributed by atoms with E-state index >= 15 is 0 Å². The summed E-state index contributed by atoms with van der Waals surface area (Å²) in [5.74, 6) is 0. The maximum absolute atomic E-state index is 10.4. The maximum atomic E-state index is 10.4. The van der Waals surface area contributed by atoms with Crippen LogP contribution in [-0.4, -0.2) is 13.5 Å². The van der Waals surface area contributed by atoms with Gasteiger partial charge in [0.05, 0.1) is 4.75 Å². The average molecular weight is 134 g/mol. The lowest BCUT2D eigenvalue weighted by molar-refractivity contribution is 0.540. The molecule has 0 aromatic heterocycles. The molecule has 1 unspecified atom stereocenters. The van der Waals surface area contributed by atoms with Crippen molar-refractivity contribution in [2.45, 2.75) is 30.9 Å². The molecule has 1 N–H and O–H groups in total. The van der Waals surface area contributed by atoms with Crippen molar-refractivity contribution in [3.63, 3.8) is 0 Å². The van der Waals surface area contributed by atoms with Crippen LogP contribution in [0.1, 0.15) is 26.2 Å². The second kappa shape index (κ2) is 1.81. The summed E-state index contributed by atoms with van der Waals surface area (Å²) in [5, 5.41) is 0. The molecule has 0 aromatic rings. The average Bonchev–Trinajstić information content (AvgIpc) is 2.44. The highest BCUT2D eigenvalue weighted by Gasteiger charge is 2.46. The Bertz CT molecular complexity index is 118. The molecular formula is C5H10O2S. The molecule has 0 aromatic carbocycles. The highest BCUT2D eigenvalue weighted by atomic mass is 32.2. The highest BCUT2D eigenvalue weighted by molar-refractivity contribution is 7.81. The molecule has 8 heavy (non-hydrogen) atoms. The van der Waals surface area contributed by atoms with Crippen LogP contribution in [0.2, 0.25) is 0 Å².